The molecule has 15 heavy (non-hydrogen) atoms. The number of likely N-dealkylation sites (tertiary alicyclic amines) is 1. The fourth-order valence-electron chi connectivity index (χ4n) is 2.01. The standard InChI is InChI=1S/C9H16N4OS/c10-9-8(11-12-15-9)6-13-3-1-7(5-13)2-4-14/h7,14H,1-6,10H2. The van der Waals surface area contributed by atoms with Crippen molar-refractivity contribution in [1.82, 2.24) is 14.5 Å². The lowest BCUT2D eigenvalue weighted by atomic mass is 10.1. The summed E-state index contributed by atoms with van der Waals surface area (Å²) < 4.78 is 3.82. The van der Waals surface area contributed by atoms with E-state index in [1.807, 2.05) is 0 Å². The van der Waals surface area contributed by atoms with E-state index in [2.05, 4.69) is 14.5 Å². The number of rotatable bonds is 4. The molecule has 1 aromatic heterocycles. The molecule has 84 valence electrons. The van der Waals surface area contributed by atoms with E-state index in [-0.39, 0.29) is 0 Å². The summed E-state index contributed by atoms with van der Waals surface area (Å²) in [6, 6.07) is 0. The highest BCUT2D eigenvalue weighted by molar-refractivity contribution is 7.09. The zero-order valence-corrected chi connectivity index (χ0v) is 9.41. The van der Waals surface area contributed by atoms with Gasteiger partial charge in [0.15, 0.2) is 0 Å². The Balaban J connectivity index is 1.85. The number of nitrogens with zero attached hydrogens (tertiary/aromatic N) is 3. The van der Waals surface area contributed by atoms with Gasteiger partial charge in [-0.15, -0.1) is 5.10 Å². The van der Waals surface area contributed by atoms with E-state index in [0.717, 1.165) is 43.2 Å². The van der Waals surface area contributed by atoms with Crippen LogP contribution >= 0.6 is 11.5 Å². The molecule has 1 aromatic rings. The molecule has 0 aliphatic carbocycles. The van der Waals surface area contributed by atoms with Gasteiger partial charge in [0, 0.05) is 31.2 Å². The molecule has 2 heterocycles. The molecule has 0 aromatic carbocycles. The molecule has 5 nitrogen and oxygen atoms in total. The minimum Gasteiger partial charge on any atom is -0.396 e. The summed E-state index contributed by atoms with van der Waals surface area (Å²) in [5.41, 5.74) is 6.63. The van der Waals surface area contributed by atoms with Gasteiger partial charge in [-0.2, -0.15) is 0 Å². The second-order valence-electron chi connectivity index (χ2n) is 3.99. The average Bonchev–Trinajstić information content (AvgIpc) is 2.79. The zero-order chi connectivity index (χ0) is 10.7. The van der Waals surface area contributed by atoms with Crippen molar-refractivity contribution in [3.05, 3.63) is 5.69 Å². The molecule has 1 unspecified atom stereocenters. The van der Waals surface area contributed by atoms with Crippen LogP contribution in [-0.2, 0) is 6.54 Å². The Kier molecular flexibility index (Phi) is 3.50. The number of aliphatic hydroxyl groups is 1. The molecule has 1 aliphatic heterocycles. The van der Waals surface area contributed by atoms with Gasteiger partial charge < -0.3 is 10.8 Å². The van der Waals surface area contributed by atoms with Crippen LogP contribution in [0.5, 0.6) is 0 Å². The van der Waals surface area contributed by atoms with E-state index in [9.17, 15) is 0 Å². The maximum absolute atomic E-state index is 8.85. The van der Waals surface area contributed by atoms with Gasteiger partial charge >= 0.3 is 0 Å². The number of aromatic nitrogens is 2. The highest BCUT2D eigenvalue weighted by Crippen LogP contribution is 2.22. The number of hydrogen-bond acceptors (Lipinski definition) is 6. The van der Waals surface area contributed by atoms with Gasteiger partial charge in [-0.1, -0.05) is 4.49 Å². The van der Waals surface area contributed by atoms with Crippen LogP contribution in [0.1, 0.15) is 18.5 Å². The lowest BCUT2D eigenvalue weighted by Crippen LogP contribution is -2.21. The molecule has 3 N–H and O–H groups in total. The Morgan fingerprint density at radius 1 is 1.60 bits per heavy atom. The van der Waals surface area contributed by atoms with E-state index in [1.165, 1.54) is 11.5 Å². The molecule has 0 bridgehead atoms. The summed E-state index contributed by atoms with van der Waals surface area (Å²) in [6.07, 6.45) is 2.07. The Bertz CT molecular complexity index is 317. The van der Waals surface area contributed by atoms with E-state index < -0.39 is 0 Å². The van der Waals surface area contributed by atoms with Crippen molar-refractivity contribution in [2.24, 2.45) is 5.92 Å². The average molecular weight is 228 g/mol. The summed E-state index contributed by atoms with van der Waals surface area (Å²) in [5, 5.41) is 13.6. The first kappa shape index (κ1) is 10.8. The second-order valence-corrected chi connectivity index (χ2v) is 4.77. The van der Waals surface area contributed by atoms with Crippen molar-refractivity contribution in [1.29, 1.82) is 0 Å². The SMILES string of the molecule is Nc1snnc1CN1CCC(CCO)C1. The summed E-state index contributed by atoms with van der Waals surface area (Å²) in [4.78, 5) is 2.33. The topological polar surface area (TPSA) is 75.3 Å². The van der Waals surface area contributed by atoms with Gasteiger partial charge in [-0.05, 0) is 25.3 Å². The van der Waals surface area contributed by atoms with Crippen LogP contribution in [0.3, 0.4) is 0 Å². The summed E-state index contributed by atoms with van der Waals surface area (Å²) >= 11 is 1.25. The largest absolute Gasteiger partial charge is 0.396 e. The number of hydrogen-bond donors (Lipinski definition) is 2. The fourth-order valence-corrected chi connectivity index (χ4v) is 2.45. The Hall–Kier alpha value is -0.720. The van der Waals surface area contributed by atoms with Gasteiger partial charge in [0.25, 0.3) is 0 Å². The number of anilines is 1. The van der Waals surface area contributed by atoms with Crippen LogP contribution in [0.15, 0.2) is 0 Å². The monoisotopic (exact) mass is 228 g/mol. The number of nitrogens with two attached hydrogens (primary N) is 1. The first-order chi connectivity index (χ1) is 7.29. The van der Waals surface area contributed by atoms with Crippen LogP contribution < -0.4 is 5.73 Å². The molecule has 0 amide bonds. The summed E-state index contributed by atoms with van der Waals surface area (Å²) in [5.74, 6) is 0.628. The van der Waals surface area contributed by atoms with Crippen LogP contribution in [0.25, 0.3) is 0 Å². The quantitative estimate of drug-likeness (QED) is 0.776. The third-order valence-electron chi connectivity index (χ3n) is 2.87. The lowest BCUT2D eigenvalue weighted by molar-refractivity contribution is 0.249. The first-order valence-electron chi connectivity index (χ1n) is 5.19. The van der Waals surface area contributed by atoms with Crippen molar-refractivity contribution >= 4 is 16.5 Å². The fraction of sp³-hybridized carbons (Fsp3) is 0.778. The highest BCUT2D eigenvalue weighted by Gasteiger charge is 2.23. The molecule has 0 radical (unpaired) electrons. The summed E-state index contributed by atoms with van der Waals surface area (Å²) in [6.45, 7) is 3.20. The molecular weight excluding hydrogens is 212 g/mol. The molecule has 1 atom stereocenters. The van der Waals surface area contributed by atoms with Crippen molar-refractivity contribution in [3.8, 4) is 0 Å². The maximum Gasteiger partial charge on any atom is 0.132 e. The molecule has 1 aliphatic rings. The molecule has 6 heteroatoms. The van der Waals surface area contributed by atoms with Crippen molar-refractivity contribution < 1.29 is 5.11 Å². The van der Waals surface area contributed by atoms with Crippen molar-refractivity contribution in [3.63, 3.8) is 0 Å². The van der Waals surface area contributed by atoms with Gasteiger partial charge in [0.1, 0.15) is 10.7 Å². The van der Waals surface area contributed by atoms with Crippen LogP contribution in [-0.4, -0.2) is 39.3 Å². The van der Waals surface area contributed by atoms with Crippen molar-refractivity contribution in [2.75, 3.05) is 25.4 Å². The highest BCUT2D eigenvalue weighted by atomic mass is 32.1. The molecule has 2 rings (SSSR count). The molecular formula is C9H16N4OS. The van der Waals surface area contributed by atoms with Crippen LogP contribution in [0.2, 0.25) is 0 Å². The van der Waals surface area contributed by atoms with E-state index in [4.69, 9.17) is 10.8 Å². The third kappa shape index (κ3) is 2.64. The molecule has 0 spiro atoms. The maximum atomic E-state index is 8.85. The zero-order valence-electron chi connectivity index (χ0n) is 8.59. The van der Waals surface area contributed by atoms with E-state index >= 15 is 0 Å². The Morgan fingerprint density at radius 2 is 2.47 bits per heavy atom. The summed E-state index contributed by atoms with van der Waals surface area (Å²) in [7, 11) is 0. The number of aliphatic hydroxyl groups excluding tert-OH is 1. The minimum atomic E-state index is 0.291. The molecule has 1 fully saturated rings. The Labute approximate surface area is 93.1 Å². The van der Waals surface area contributed by atoms with Gasteiger partial charge in [-0.3, -0.25) is 4.90 Å². The van der Waals surface area contributed by atoms with Gasteiger partial charge in [-0.25, -0.2) is 0 Å². The van der Waals surface area contributed by atoms with E-state index in [0.29, 0.717) is 12.5 Å². The second kappa shape index (κ2) is 4.87. The van der Waals surface area contributed by atoms with Gasteiger partial charge in [0.05, 0.1) is 0 Å². The lowest BCUT2D eigenvalue weighted by Gasteiger charge is -2.14. The third-order valence-corrected chi connectivity index (χ3v) is 3.46. The van der Waals surface area contributed by atoms with Gasteiger partial charge in [0.2, 0.25) is 0 Å². The van der Waals surface area contributed by atoms with Crippen LogP contribution in [0.4, 0.5) is 5.00 Å². The molecule has 0 saturated carbocycles. The first-order valence-corrected chi connectivity index (χ1v) is 5.97. The normalized spacial score (nSPS) is 22.3. The van der Waals surface area contributed by atoms with E-state index in [1.54, 1.807) is 0 Å². The predicted molar refractivity (Wildman–Crippen MR) is 59.4 cm³/mol. The van der Waals surface area contributed by atoms with Crippen molar-refractivity contribution in [2.45, 2.75) is 19.4 Å². The minimum absolute atomic E-state index is 0.291. The Morgan fingerprint density at radius 3 is 3.13 bits per heavy atom. The molecule has 1 saturated heterocycles. The smallest absolute Gasteiger partial charge is 0.132 e. The van der Waals surface area contributed by atoms with Crippen LogP contribution in [0, 0.1) is 5.92 Å². The predicted octanol–water partition coefficient (Wildman–Crippen LogP) is 0.325. The number of nitrogen functional groups attached to an aromatic ring is 1.